The number of methoxy groups -OCH3 is 2. The number of nitrogens with one attached hydrogen (secondary N) is 1. The predicted octanol–water partition coefficient (Wildman–Crippen LogP) is 3.66. The number of nitrogens with zero attached hydrogens (tertiary/aromatic N) is 1. The van der Waals surface area contributed by atoms with Crippen molar-refractivity contribution >= 4 is 22.0 Å². The molecule has 1 aromatic rings. The molecule has 0 aliphatic rings. The third-order valence-electron chi connectivity index (χ3n) is 3.29. The van der Waals surface area contributed by atoms with Gasteiger partial charge >= 0.3 is 6.09 Å². The first-order valence-corrected chi connectivity index (χ1v) is 8.26. The number of rotatable bonds is 6. The molecule has 1 aromatic carbocycles. The summed E-state index contributed by atoms with van der Waals surface area (Å²) in [5, 5.41) is 14.1. The topological polar surface area (TPSA) is 99.9 Å². The molecule has 0 heterocycles. The van der Waals surface area contributed by atoms with Gasteiger partial charge in [0.15, 0.2) is 0 Å². The van der Waals surface area contributed by atoms with Crippen LogP contribution in [0.5, 0.6) is 11.5 Å². The minimum Gasteiger partial charge on any atom is -0.497 e. The zero-order valence-corrected chi connectivity index (χ0v) is 16.7. The van der Waals surface area contributed by atoms with Crippen LogP contribution in [0, 0.1) is 10.1 Å². The summed E-state index contributed by atoms with van der Waals surface area (Å²) in [6.45, 7) is 6.45. The maximum absolute atomic E-state index is 12.2. The molecule has 0 bridgehead atoms. The smallest absolute Gasteiger partial charge is 0.408 e. The largest absolute Gasteiger partial charge is 0.497 e. The molecule has 0 unspecified atom stereocenters. The second-order valence-electron chi connectivity index (χ2n) is 6.47. The summed E-state index contributed by atoms with van der Waals surface area (Å²) < 4.78 is 14.0. The molecule has 0 fully saturated rings. The molecule has 1 amide bonds. The molecule has 8 nitrogen and oxygen atoms in total. The molecule has 2 atom stereocenters. The molecule has 1 N–H and O–H groups in total. The molecule has 0 aromatic heterocycles. The monoisotopic (exact) mass is 418 g/mol. The van der Waals surface area contributed by atoms with Crippen molar-refractivity contribution in [2.75, 3.05) is 14.2 Å². The fourth-order valence-corrected chi connectivity index (χ4v) is 2.45. The van der Waals surface area contributed by atoms with Gasteiger partial charge in [0.2, 0.25) is 0 Å². The van der Waals surface area contributed by atoms with E-state index in [4.69, 9.17) is 14.2 Å². The van der Waals surface area contributed by atoms with Gasteiger partial charge < -0.3 is 19.5 Å². The van der Waals surface area contributed by atoms with Gasteiger partial charge in [-0.2, -0.15) is 0 Å². The Kier molecular flexibility index (Phi) is 6.64. The number of nitro groups is 1. The number of amides is 1. The van der Waals surface area contributed by atoms with E-state index in [9.17, 15) is 14.9 Å². The summed E-state index contributed by atoms with van der Waals surface area (Å²) in [5.74, 6) is 0.841. The molecule has 0 spiro atoms. The molecule has 0 aliphatic carbocycles. The van der Waals surface area contributed by atoms with Crippen LogP contribution in [0.25, 0.3) is 0 Å². The number of alkyl halides is 1. The average molecular weight is 419 g/mol. The second kappa shape index (κ2) is 7.90. The molecule has 0 radical (unpaired) electrons. The van der Waals surface area contributed by atoms with E-state index in [0.29, 0.717) is 17.1 Å². The first kappa shape index (κ1) is 21.0. The van der Waals surface area contributed by atoms with Gasteiger partial charge in [-0.1, -0.05) is 0 Å². The molecule has 25 heavy (non-hydrogen) atoms. The third kappa shape index (κ3) is 5.48. The lowest BCUT2D eigenvalue weighted by Crippen LogP contribution is -2.46. The number of hydrogen-bond acceptors (Lipinski definition) is 6. The molecular weight excluding hydrogens is 396 g/mol. The van der Waals surface area contributed by atoms with Crippen molar-refractivity contribution < 1.29 is 23.9 Å². The van der Waals surface area contributed by atoms with Crippen LogP contribution in [0.4, 0.5) is 4.79 Å². The van der Waals surface area contributed by atoms with E-state index >= 15 is 0 Å². The van der Waals surface area contributed by atoms with E-state index < -0.39 is 27.1 Å². The Balaban J connectivity index is 3.38. The summed E-state index contributed by atoms with van der Waals surface area (Å²) in [7, 11) is 2.91. The first-order valence-electron chi connectivity index (χ1n) is 7.47. The van der Waals surface area contributed by atoms with Crippen LogP contribution in [0.1, 0.15) is 39.3 Å². The van der Waals surface area contributed by atoms with E-state index in [1.54, 1.807) is 39.0 Å². The standard InChI is InChI=1S/C16H23BrN2O6/c1-15(2,3)25-14(20)18-13(16(4,17)19(21)22)11-9-10(23-5)7-8-12(11)24-6/h7-9,13H,1-6H3,(H,18,20)/t13-,16+/m0/s1. The lowest BCUT2D eigenvalue weighted by Gasteiger charge is -2.29. The van der Waals surface area contributed by atoms with Crippen molar-refractivity contribution in [2.45, 2.75) is 43.8 Å². The quantitative estimate of drug-likeness (QED) is 0.327. The van der Waals surface area contributed by atoms with Gasteiger partial charge in [0.1, 0.15) is 23.1 Å². The van der Waals surface area contributed by atoms with Crippen molar-refractivity contribution in [3.63, 3.8) is 0 Å². The van der Waals surface area contributed by atoms with Gasteiger partial charge in [-0.25, -0.2) is 4.79 Å². The SMILES string of the molecule is COc1ccc(OC)c([C@H](NC(=O)OC(C)(C)C)[C@](C)(Br)[N+](=O)[O-])c1. The Morgan fingerprint density at radius 2 is 1.84 bits per heavy atom. The molecule has 9 heteroatoms. The molecule has 0 saturated heterocycles. The summed E-state index contributed by atoms with van der Waals surface area (Å²) in [4.78, 5) is 23.2. The highest BCUT2D eigenvalue weighted by atomic mass is 79.9. The minimum absolute atomic E-state index is 0.370. The third-order valence-corrected chi connectivity index (χ3v) is 4.04. The number of benzene rings is 1. The minimum atomic E-state index is -1.70. The van der Waals surface area contributed by atoms with Gasteiger partial charge in [0.25, 0.3) is 4.45 Å². The zero-order valence-electron chi connectivity index (χ0n) is 15.1. The highest BCUT2D eigenvalue weighted by molar-refractivity contribution is 9.10. The van der Waals surface area contributed by atoms with Crippen molar-refractivity contribution in [1.29, 1.82) is 0 Å². The van der Waals surface area contributed by atoms with E-state index in [1.165, 1.54) is 21.1 Å². The Bertz CT molecular complexity index is 642. The normalized spacial score (nSPS) is 14.8. The molecule has 1 rings (SSSR count). The van der Waals surface area contributed by atoms with Crippen LogP contribution in [0.15, 0.2) is 18.2 Å². The fraction of sp³-hybridized carbons (Fsp3) is 0.562. The lowest BCUT2D eigenvalue weighted by molar-refractivity contribution is -0.536. The average Bonchev–Trinajstić information content (AvgIpc) is 2.49. The van der Waals surface area contributed by atoms with E-state index in [1.807, 2.05) is 0 Å². The zero-order chi connectivity index (χ0) is 19.4. The Hall–Kier alpha value is -2.03. The fourth-order valence-electron chi connectivity index (χ4n) is 2.09. The number of carbonyl (C=O) groups excluding carboxylic acids is 1. The van der Waals surface area contributed by atoms with Crippen LogP contribution < -0.4 is 14.8 Å². The Labute approximate surface area is 155 Å². The molecule has 0 saturated carbocycles. The maximum atomic E-state index is 12.2. The highest BCUT2D eigenvalue weighted by Gasteiger charge is 2.47. The number of ether oxygens (including phenoxy) is 3. The number of hydrogen-bond donors (Lipinski definition) is 1. The summed E-state index contributed by atoms with van der Waals surface area (Å²) in [5.41, 5.74) is -0.367. The summed E-state index contributed by atoms with van der Waals surface area (Å²) >= 11 is 3.10. The van der Waals surface area contributed by atoms with Crippen LogP contribution >= 0.6 is 15.9 Å². The van der Waals surface area contributed by atoms with Crippen molar-refractivity contribution in [3.8, 4) is 11.5 Å². The van der Waals surface area contributed by atoms with Crippen LogP contribution in [0.2, 0.25) is 0 Å². The van der Waals surface area contributed by atoms with Gasteiger partial charge in [0.05, 0.1) is 14.2 Å². The van der Waals surface area contributed by atoms with E-state index in [2.05, 4.69) is 21.2 Å². The van der Waals surface area contributed by atoms with Gasteiger partial charge in [-0.3, -0.25) is 10.1 Å². The van der Waals surface area contributed by atoms with Crippen LogP contribution in [0.3, 0.4) is 0 Å². The summed E-state index contributed by atoms with van der Waals surface area (Å²) in [6, 6.07) is 3.76. The molecule has 140 valence electrons. The maximum Gasteiger partial charge on any atom is 0.408 e. The molecule has 0 aliphatic heterocycles. The van der Waals surface area contributed by atoms with Gasteiger partial charge in [0, 0.05) is 33.3 Å². The number of carbonyl (C=O) groups is 1. The van der Waals surface area contributed by atoms with Crippen molar-refractivity contribution in [1.82, 2.24) is 5.32 Å². The first-order chi connectivity index (χ1) is 11.4. The number of halogens is 1. The van der Waals surface area contributed by atoms with E-state index in [0.717, 1.165) is 0 Å². The Morgan fingerprint density at radius 3 is 2.28 bits per heavy atom. The van der Waals surface area contributed by atoms with Crippen molar-refractivity contribution in [3.05, 3.63) is 33.9 Å². The van der Waals surface area contributed by atoms with Gasteiger partial charge in [-0.05, 0) is 39.0 Å². The molecular formula is C16H23BrN2O6. The Morgan fingerprint density at radius 1 is 1.24 bits per heavy atom. The van der Waals surface area contributed by atoms with Gasteiger partial charge in [-0.15, -0.1) is 0 Å². The van der Waals surface area contributed by atoms with E-state index in [-0.39, 0.29) is 0 Å². The van der Waals surface area contributed by atoms with Crippen molar-refractivity contribution in [2.24, 2.45) is 0 Å². The highest BCUT2D eigenvalue weighted by Crippen LogP contribution is 2.40. The number of alkyl carbamates (subject to hydrolysis) is 1. The second-order valence-corrected chi connectivity index (χ2v) is 8.07. The lowest BCUT2D eigenvalue weighted by atomic mass is 9.99. The van der Waals surface area contributed by atoms with Crippen LogP contribution in [-0.4, -0.2) is 35.3 Å². The summed E-state index contributed by atoms with van der Waals surface area (Å²) in [6.07, 6.45) is -0.783. The van der Waals surface area contributed by atoms with Crippen LogP contribution in [-0.2, 0) is 4.74 Å². The predicted molar refractivity (Wildman–Crippen MR) is 96.0 cm³/mol.